The van der Waals surface area contributed by atoms with E-state index in [1.54, 1.807) is 0 Å². The molecule has 0 saturated carbocycles. The van der Waals surface area contributed by atoms with Gasteiger partial charge in [0.05, 0.1) is 17.7 Å². The number of benzene rings is 1. The predicted molar refractivity (Wildman–Crippen MR) is 83.5 cm³/mol. The van der Waals surface area contributed by atoms with E-state index in [0.29, 0.717) is 0 Å². The maximum atomic E-state index is 13.1. The lowest BCUT2D eigenvalue weighted by Crippen LogP contribution is -2.07. The Morgan fingerprint density at radius 2 is 1.54 bits per heavy atom. The Labute approximate surface area is 153 Å². The van der Waals surface area contributed by atoms with Crippen LogP contribution in [0.15, 0.2) is 42.9 Å². The first kappa shape index (κ1) is 19.3. The van der Waals surface area contributed by atoms with Crippen molar-refractivity contribution in [1.82, 2.24) is 19.5 Å². The van der Waals surface area contributed by atoms with Crippen LogP contribution in [0, 0.1) is 11.3 Å². The Balaban J connectivity index is 2.01. The molecular weight excluding hydrogens is 388 g/mol. The molecule has 0 amide bonds. The number of nitriles is 1. The van der Waals surface area contributed by atoms with Gasteiger partial charge in [-0.2, -0.15) is 31.6 Å². The van der Waals surface area contributed by atoms with Crippen molar-refractivity contribution in [2.24, 2.45) is 0 Å². The first-order chi connectivity index (χ1) is 13.1. The maximum Gasteiger partial charge on any atom is 0.434 e. The number of nitrogens with zero attached hydrogens (tertiary/aromatic N) is 5. The van der Waals surface area contributed by atoms with Crippen LogP contribution in [0.2, 0.25) is 0 Å². The largest absolute Gasteiger partial charge is 0.434 e. The number of imidazole rings is 1. The third-order valence-corrected chi connectivity index (χ3v) is 3.68. The van der Waals surface area contributed by atoms with Gasteiger partial charge in [-0.1, -0.05) is 12.1 Å². The van der Waals surface area contributed by atoms with Gasteiger partial charge < -0.3 is 4.57 Å². The van der Waals surface area contributed by atoms with Crippen molar-refractivity contribution in [3.8, 4) is 17.5 Å². The first-order valence-electron chi connectivity index (χ1n) is 7.61. The van der Waals surface area contributed by atoms with Crippen molar-refractivity contribution in [1.29, 1.82) is 5.26 Å². The fourth-order valence-corrected chi connectivity index (χ4v) is 2.36. The lowest BCUT2D eigenvalue weighted by atomic mass is 10.1. The van der Waals surface area contributed by atoms with E-state index >= 15 is 0 Å². The molecule has 0 bridgehead atoms. The van der Waals surface area contributed by atoms with E-state index in [2.05, 4.69) is 15.0 Å². The molecule has 11 heteroatoms. The predicted octanol–water partition coefficient (Wildman–Crippen LogP) is 4.30. The molecule has 0 unspecified atom stereocenters. The summed E-state index contributed by atoms with van der Waals surface area (Å²) in [5.41, 5.74) is -1.89. The third-order valence-electron chi connectivity index (χ3n) is 3.68. The number of hydrogen-bond acceptors (Lipinski definition) is 4. The zero-order valence-electron chi connectivity index (χ0n) is 13.8. The van der Waals surface area contributed by atoms with Crippen LogP contribution < -0.4 is 0 Å². The Morgan fingerprint density at radius 3 is 2.04 bits per heavy atom. The summed E-state index contributed by atoms with van der Waals surface area (Å²) >= 11 is 0. The molecule has 0 aliphatic rings. The smallest absolute Gasteiger partial charge is 0.323 e. The molecule has 0 fully saturated rings. The topological polar surface area (TPSA) is 67.4 Å². The Bertz CT molecular complexity index is 1010. The van der Waals surface area contributed by atoms with Gasteiger partial charge in [0.1, 0.15) is 17.7 Å². The number of halogens is 6. The van der Waals surface area contributed by atoms with Crippen LogP contribution in [0.25, 0.3) is 11.4 Å². The van der Waals surface area contributed by atoms with Gasteiger partial charge in [0.25, 0.3) is 0 Å². The van der Waals surface area contributed by atoms with Crippen LogP contribution in [0.5, 0.6) is 0 Å². The molecule has 2 heterocycles. The highest BCUT2D eigenvalue weighted by atomic mass is 19.4. The minimum absolute atomic E-state index is 0.0668. The normalized spacial score (nSPS) is 12.0. The summed E-state index contributed by atoms with van der Waals surface area (Å²) in [5, 5.41) is 8.73. The highest BCUT2D eigenvalue weighted by Gasteiger charge is 2.35. The molecule has 2 aromatic heterocycles. The van der Waals surface area contributed by atoms with Crippen LogP contribution in [-0.2, 0) is 18.9 Å². The number of alkyl halides is 6. The van der Waals surface area contributed by atoms with Crippen LogP contribution >= 0.6 is 0 Å². The van der Waals surface area contributed by atoms with Crippen molar-refractivity contribution in [2.75, 3.05) is 0 Å². The van der Waals surface area contributed by atoms with Gasteiger partial charge >= 0.3 is 12.4 Å². The fraction of sp³-hybridized carbons (Fsp3) is 0.176. The van der Waals surface area contributed by atoms with Crippen molar-refractivity contribution in [3.63, 3.8) is 0 Å². The highest BCUT2D eigenvalue weighted by Crippen LogP contribution is 2.33. The molecule has 0 saturated heterocycles. The molecule has 0 spiro atoms. The van der Waals surface area contributed by atoms with Crippen molar-refractivity contribution in [2.45, 2.75) is 18.9 Å². The van der Waals surface area contributed by atoms with E-state index in [1.165, 1.54) is 12.4 Å². The van der Waals surface area contributed by atoms with Gasteiger partial charge in [-0.15, -0.1) is 0 Å². The lowest BCUT2D eigenvalue weighted by Gasteiger charge is -2.09. The van der Waals surface area contributed by atoms with Crippen LogP contribution in [0.1, 0.15) is 22.6 Å². The summed E-state index contributed by atoms with van der Waals surface area (Å²) in [5.74, 6) is -0.0766. The van der Waals surface area contributed by atoms with Crippen LogP contribution in [0.4, 0.5) is 26.3 Å². The summed E-state index contributed by atoms with van der Waals surface area (Å²) in [6.45, 7) is -0.217. The fourth-order valence-electron chi connectivity index (χ4n) is 2.36. The van der Waals surface area contributed by atoms with Crippen molar-refractivity contribution in [3.05, 3.63) is 65.5 Å². The molecule has 1 aromatic carbocycles. The monoisotopic (exact) mass is 397 g/mol. The summed E-state index contributed by atoms with van der Waals surface area (Å²) in [4.78, 5) is 11.3. The summed E-state index contributed by atoms with van der Waals surface area (Å²) < 4.78 is 78.4. The maximum absolute atomic E-state index is 13.1. The third kappa shape index (κ3) is 4.11. The molecule has 0 N–H and O–H groups in total. The Kier molecular flexibility index (Phi) is 4.80. The number of hydrogen-bond donors (Lipinski definition) is 0. The standard InChI is InChI=1S/C17H9F6N5/c18-16(19,20)12-3-1-11(2-4-12)15-27-13(17(21,22)23)8-28(15)9-14-25-6-10(5-24)7-26-14/h1-4,6-8H,9H2. The number of rotatable bonds is 3. The van der Waals surface area contributed by atoms with Gasteiger partial charge in [0, 0.05) is 24.2 Å². The van der Waals surface area contributed by atoms with Gasteiger partial charge in [-0.25, -0.2) is 15.0 Å². The molecule has 5 nitrogen and oxygen atoms in total. The zero-order chi connectivity index (χ0) is 20.5. The summed E-state index contributed by atoms with van der Waals surface area (Å²) in [6, 6.07) is 5.43. The molecule has 0 radical (unpaired) electrons. The van der Waals surface area contributed by atoms with E-state index in [4.69, 9.17) is 5.26 Å². The molecule has 28 heavy (non-hydrogen) atoms. The molecule has 0 atom stereocenters. The van der Waals surface area contributed by atoms with Crippen molar-refractivity contribution < 1.29 is 26.3 Å². The minimum Gasteiger partial charge on any atom is -0.323 e. The quantitative estimate of drug-likeness (QED) is 0.618. The van der Waals surface area contributed by atoms with Crippen molar-refractivity contribution >= 4 is 0 Å². The zero-order valence-corrected chi connectivity index (χ0v) is 13.8. The molecule has 0 aliphatic carbocycles. The Morgan fingerprint density at radius 1 is 0.929 bits per heavy atom. The van der Waals surface area contributed by atoms with E-state index in [1.807, 2.05) is 6.07 Å². The second-order valence-corrected chi connectivity index (χ2v) is 5.65. The van der Waals surface area contributed by atoms with Crippen LogP contribution in [0.3, 0.4) is 0 Å². The SMILES string of the molecule is N#Cc1cnc(Cn2cc(C(F)(F)F)nc2-c2ccc(C(F)(F)F)cc2)nc1. The van der Waals surface area contributed by atoms with Gasteiger partial charge in [0.15, 0.2) is 5.69 Å². The second-order valence-electron chi connectivity index (χ2n) is 5.65. The summed E-state index contributed by atoms with van der Waals surface area (Å²) in [7, 11) is 0. The van der Waals surface area contributed by atoms with E-state index in [9.17, 15) is 26.3 Å². The average Bonchev–Trinajstić information content (AvgIpc) is 3.06. The Hall–Kier alpha value is -3.42. The van der Waals surface area contributed by atoms with Crippen LogP contribution in [-0.4, -0.2) is 19.5 Å². The van der Waals surface area contributed by atoms with E-state index in [-0.39, 0.29) is 29.3 Å². The molecule has 3 rings (SSSR count). The second kappa shape index (κ2) is 6.95. The minimum atomic E-state index is -4.74. The average molecular weight is 397 g/mol. The highest BCUT2D eigenvalue weighted by molar-refractivity contribution is 5.57. The summed E-state index contributed by atoms with van der Waals surface area (Å²) in [6.07, 6.45) is -6.16. The van der Waals surface area contributed by atoms with E-state index in [0.717, 1.165) is 35.0 Å². The molecule has 0 aliphatic heterocycles. The number of aromatic nitrogens is 4. The lowest BCUT2D eigenvalue weighted by molar-refractivity contribution is -0.141. The van der Waals surface area contributed by atoms with E-state index < -0.39 is 23.6 Å². The van der Waals surface area contributed by atoms with Gasteiger partial charge in [-0.05, 0) is 12.1 Å². The van der Waals surface area contributed by atoms with Gasteiger partial charge in [-0.3, -0.25) is 0 Å². The first-order valence-corrected chi connectivity index (χ1v) is 7.61. The molecule has 144 valence electrons. The molecule has 3 aromatic rings. The molecular formula is C17H9F6N5. The van der Waals surface area contributed by atoms with Gasteiger partial charge in [0.2, 0.25) is 0 Å².